The van der Waals surface area contributed by atoms with E-state index in [-0.39, 0.29) is 5.91 Å². The van der Waals surface area contributed by atoms with E-state index in [9.17, 15) is 4.79 Å². The van der Waals surface area contributed by atoms with Gasteiger partial charge in [0.05, 0.1) is 12.7 Å². The van der Waals surface area contributed by atoms with Gasteiger partial charge in [0, 0.05) is 17.5 Å². The molecule has 2 aromatic carbocycles. The van der Waals surface area contributed by atoms with E-state index in [1.54, 1.807) is 12.0 Å². The Hall–Kier alpha value is -2.95. The number of aryl methyl sites for hydroxylation is 1. The lowest BCUT2D eigenvalue weighted by Crippen LogP contribution is -2.45. The van der Waals surface area contributed by atoms with Crippen molar-refractivity contribution in [3.05, 3.63) is 58.8 Å². The summed E-state index contributed by atoms with van der Waals surface area (Å²) in [5.41, 5.74) is 3.56. The number of carbonyl (C=O) groups excluding carboxylic acids is 1. The molecule has 1 amide bonds. The van der Waals surface area contributed by atoms with E-state index < -0.39 is 6.23 Å². The van der Waals surface area contributed by atoms with Gasteiger partial charge in [-0.15, -0.1) is 0 Å². The summed E-state index contributed by atoms with van der Waals surface area (Å²) < 4.78 is 17.6. The number of methoxy groups -OCH3 is 1. The molecule has 25 heavy (non-hydrogen) atoms. The SMILES string of the molecule is COc1ccc2oc3c(c2c1)CCN1C(=O)c2ccc(C)cc2OC31. The Morgan fingerprint density at radius 3 is 2.92 bits per heavy atom. The highest BCUT2D eigenvalue weighted by atomic mass is 16.5. The van der Waals surface area contributed by atoms with Gasteiger partial charge >= 0.3 is 0 Å². The fourth-order valence-corrected chi connectivity index (χ4v) is 3.73. The molecule has 1 atom stereocenters. The van der Waals surface area contributed by atoms with Crippen molar-refractivity contribution in [2.24, 2.45) is 0 Å². The molecule has 2 aliphatic rings. The van der Waals surface area contributed by atoms with Crippen LogP contribution in [-0.2, 0) is 6.42 Å². The number of rotatable bonds is 1. The third-order valence-electron chi connectivity index (χ3n) is 5.01. The second-order valence-corrected chi connectivity index (χ2v) is 6.53. The summed E-state index contributed by atoms with van der Waals surface area (Å²) in [7, 11) is 1.65. The van der Waals surface area contributed by atoms with E-state index in [0.29, 0.717) is 17.9 Å². The van der Waals surface area contributed by atoms with Gasteiger partial charge in [0.2, 0.25) is 6.23 Å². The number of hydrogen-bond acceptors (Lipinski definition) is 4. The normalized spacial score (nSPS) is 18.4. The van der Waals surface area contributed by atoms with Crippen LogP contribution in [0.1, 0.15) is 33.5 Å². The van der Waals surface area contributed by atoms with Crippen LogP contribution in [0.15, 0.2) is 40.8 Å². The largest absolute Gasteiger partial charge is 0.497 e. The van der Waals surface area contributed by atoms with E-state index in [4.69, 9.17) is 13.9 Å². The lowest BCUT2D eigenvalue weighted by Gasteiger charge is -2.38. The summed E-state index contributed by atoms with van der Waals surface area (Å²) in [5, 5.41) is 1.03. The molecule has 0 bridgehead atoms. The molecule has 0 saturated heterocycles. The van der Waals surface area contributed by atoms with Gasteiger partial charge in [0.15, 0.2) is 5.76 Å². The van der Waals surface area contributed by atoms with E-state index in [1.807, 2.05) is 43.3 Å². The molecule has 0 spiro atoms. The molecule has 0 N–H and O–H groups in total. The van der Waals surface area contributed by atoms with Crippen molar-refractivity contribution < 1.29 is 18.7 Å². The maximum absolute atomic E-state index is 12.9. The quantitative estimate of drug-likeness (QED) is 0.678. The highest BCUT2D eigenvalue weighted by Gasteiger charge is 2.41. The van der Waals surface area contributed by atoms with Gasteiger partial charge < -0.3 is 13.9 Å². The second kappa shape index (κ2) is 5.02. The number of ether oxygens (including phenoxy) is 2. The van der Waals surface area contributed by atoms with E-state index in [1.165, 1.54) is 0 Å². The summed E-state index contributed by atoms with van der Waals surface area (Å²) in [5.74, 6) is 2.13. The Bertz CT molecular complexity index is 1020. The van der Waals surface area contributed by atoms with Gasteiger partial charge in [-0.2, -0.15) is 0 Å². The van der Waals surface area contributed by atoms with Crippen molar-refractivity contribution in [1.29, 1.82) is 0 Å². The van der Waals surface area contributed by atoms with Crippen LogP contribution < -0.4 is 9.47 Å². The molecule has 1 aromatic heterocycles. The Balaban J connectivity index is 1.66. The summed E-state index contributed by atoms with van der Waals surface area (Å²) in [6.45, 7) is 2.59. The Morgan fingerprint density at radius 2 is 2.08 bits per heavy atom. The summed E-state index contributed by atoms with van der Waals surface area (Å²) in [6.07, 6.45) is 0.228. The third kappa shape index (κ3) is 1.98. The third-order valence-corrected chi connectivity index (χ3v) is 5.01. The molecule has 3 aromatic rings. The maximum atomic E-state index is 12.9. The molecule has 2 aliphatic heterocycles. The number of hydrogen-bond donors (Lipinski definition) is 0. The van der Waals surface area contributed by atoms with Crippen LogP contribution in [0.3, 0.4) is 0 Å². The number of benzene rings is 2. The molecular formula is C20H17NO4. The van der Waals surface area contributed by atoms with E-state index >= 15 is 0 Å². The smallest absolute Gasteiger partial charge is 0.260 e. The van der Waals surface area contributed by atoms with Crippen LogP contribution in [0, 0.1) is 6.92 Å². The Kier molecular flexibility index (Phi) is 2.89. The van der Waals surface area contributed by atoms with E-state index in [2.05, 4.69) is 0 Å². The van der Waals surface area contributed by atoms with Gasteiger partial charge in [0.1, 0.15) is 17.1 Å². The van der Waals surface area contributed by atoms with Crippen LogP contribution >= 0.6 is 0 Å². The van der Waals surface area contributed by atoms with Crippen molar-refractivity contribution in [2.75, 3.05) is 13.7 Å². The van der Waals surface area contributed by atoms with Crippen molar-refractivity contribution in [3.8, 4) is 11.5 Å². The zero-order valence-corrected chi connectivity index (χ0v) is 14.0. The van der Waals surface area contributed by atoms with Crippen LogP contribution in [0.4, 0.5) is 0 Å². The molecule has 3 heterocycles. The van der Waals surface area contributed by atoms with Gasteiger partial charge in [-0.25, -0.2) is 0 Å². The molecule has 0 aliphatic carbocycles. The highest BCUT2D eigenvalue weighted by molar-refractivity contribution is 5.98. The van der Waals surface area contributed by atoms with Crippen molar-refractivity contribution >= 4 is 16.9 Å². The van der Waals surface area contributed by atoms with Gasteiger partial charge in [0.25, 0.3) is 5.91 Å². The number of amides is 1. The molecule has 5 heteroatoms. The monoisotopic (exact) mass is 335 g/mol. The second-order valence-electron chi connectivity index (χ2n) is 6.53. The van der Waals surface area contributed by atoms with E-state index in [0.717, 1.165) is 40.0 Å². The summed E-state index contributed by atoms with van der Waals surface area (Å²) >= 11 is 0. The van der Waals surface area contributed by atoms with Crippen molar-refractivity contribution in [3.63, 3.8) is 0 Å². The lowest BCUT2D eigenvalue weighted by atomic mass is 9.99. The predicted octanol–water partition coefficient (Wildman–Crippen LogP) is 3.84. The molecule has 5 nitrogen and oxygen atoms in total. The first-order valence-electron chi connectivity index (χ1n) is 8.33. The summed E-state index contributed by atoms with van der Waals surface area (Å²) in [6, 6.07) is 11.4. The van der Waals surface area contributed by atoms with Crippen LogP contribution in [0.2, 0.25) is 0 Å². The van der Waals surface area contributed by atoms with Gasteiger partial charge in [-0.3, -0.25) is 9.69 Å². The van der Waals surface area contributed by atoms with Gasteiger partial charge in [-0.1, -0.05) is 6.07 Å². The number of furan rings is 1. The molecule has 0 fully saturated rings. The molecule has 126 valence electrons. The average molecular weight is 335 g/mol. The highest BCUT2D eigenvalue weighted by Crippen LogP contribution is 2.43. The minimum Gasteiger partial charge on any atom is -0.497 e. The molecule has 0 radical (unpaired) electrons. The van der Waals surface area contributed by atoms with Crippen molar-refractivity contribution in [1.82, 2.24) is 4.90 Å². The Morgan fingerprint density at radius 1 is 1.20 bits per heavy atom. The number of nitrogens with zero attached hydrogens (tertiary/aromatic N) is 1. The lowest BCUT2D eigenvalue weighted by molar-refractivity contribution is -0.00670. The number of carbonyl (C=O) groups is 1. The standard InChI is InChI=1S/C20H17NO4/c1-11-3-5-14-17(9-11)25-20-18-13(7-8-21(20)19(14)22)15-10-12(23-2)4-6-16(15)24-18/h3-6,9-10,20H,7-8H2,1-2H3. The van der Waals surface area contributed by atoms with Crippen LogP contribution in [-0.4, -0.2) is 24.5 Å². The first-order chi connectivity index (χ1) is 12.2. The molecule has 0 saturated carbocycles. The minimum atomic E-state index is -0.510. The zero-order chi connectivity index (χ0) is 17.1. The fourth-order valence-electron chi connectivity index (χ4n) is 3.73. The first kappa shape index (κ1) is 14.4. The van der Waals surface area contributed by atoms with Crippen LogP contribution in [0.25, 0.3) is 11.0 Å². The number of fused-ring (bicyclic) bond motifs is 6. The average Bonchev–Trinajstić information content (AvgIpc) is 3.00. The van der Waals surface area contributed by atoms with Crippen molar-refractivity contribution in [2.45, 2.75) is 19.6 Å². The zero-order valence-electron chi connectivity index (χ0n) is 14.0. The fraction of sp³-hybridized carbons (Fsp3) is 0.250. The van der Waals surface area contributed by atoms with Crippen LogP contribution in [0.5, 0.6) is 11.5 Å². The molecule has 1 unspecified atom stereocenters. The maximum Gasteiger partial charge on any atom is 0.260 e. The first-order valence-corrected chi connectivity index (χ1v) is 8.33. The van der Waals surface area contributed by atoms with Gasteiger partial charge in [-0.05, 0) is 49.2 Å². The molecule has 5 rings (SSSR count). The minimum absolute atomic E-state index is 0.00469. The molecular weight excluding hydrogens is 318 g/mol. The summed E-state index contributed by atoms with van der Waals surface area (Å²) in [4.78, 5) is 14.6. The Labute approximate surface area is 144 Å². The topological polar surface area (TPSA) is 51.9 Å². The predicted molar refractivity (Wildman–Crippen MR) is 92.1 cm³/mol.